The Morgan fingerprint density at radius 3 is 3.09 bits per heavy atom. The Balaban J connectivity index is 1.73. The molecule has 4 heteroatoms. The predicted octanol–water partition coefficient (Wildman–Crippen LogP) is 2.61. The average Bonchev–Trinajstić information content (AvgIpc) is 3.09. The van der Waals surface area contributed by atoms with Crippen molar-refractivity contribution in [2.45, 2.75) is 50.7 Å². The fourth-order valence-corrected chi connectivity index (χ4v) is 6.17. The van der Waals surface area contributed by atoms with Crippen molar-refractivity contribution >= 4 is 10.9 Å². The number of aliphatic hydroxyl groups is 1. The number of fused-ring (bicyclic) bond motifs is 5. The third kappa shape index (κ3) is 1.29. The normalized spacial score (nSPS) is 40.8. The molecular formula is C19H22N2O2. The first-order valence-corrected chi connectivity index (χ1v) is 8.94. The van der Waals surface area contributed by atoms with Crippen LogP contribution in [0, 0.1) is 5.41 Å². The molecule has 6 rings (SSSR count). The molecule has 5 heterocycles. The van der Waals surface area contributed by atoms with Crippen molar-refractivity contribution in [3.8, 4) is 0 Å². The van der Waals surface area contributed by atoms with Gasteiger partial charge in [0.1, 0.15) is 6.23 Å². The number of rotatable bonds is 1. The Hall–Kier alpha value is -1.36. The van der Waals surface area contributed by atoms with E-state index in [1.807, 2.05) is 0 Å². The monoisotopic (exact) mass is 310 g/mol. The number of aliphatic hydroxyl groups excluding tert-OH is 1. The zero-order valence-electron chi connectivity index (χ0n) is 13.4. The fraction of sp³-hybridized carbons (Fsp3) is 0.579. The van der Waals surface area contributed by atoms with E-state index in [1.165, 1.54) is 22.2 Å². The first-order chi connectivity index (χ1) is 11.2. The van der Waals surface area contributed by atoms with E-state index in [9.17, 15) is 5.11 Å². The topological polar surface area (TPSA) is 37.6 Å². The number of benzene rings is 1. The molecule has 0 aliphatic carbocycles. The zero-order valence-corrected chi connectivity index (χ0v) is 13.4. The van der Waals surface area contributed by atoms with Crippen molar-refractivity contribution in [1.29, 1.82) is 0 Å². The maximum Gasteiger partial charge on any atom is 0.135 e. The number of hydrogen-bond donors (Lipinski definition) is 1. The SMILES string of the molecule is CC[C@@]12C[C@@H]3O[C@@H]1[C@H](O)CN1CCc4c(n3c3ccccc43)[C@@H]12. The van der Waals surface area contributed by atoms with Crippen molar-refractivity contribution < 1.29 is 9.84 Å². The van der Waals surface area contributed by atoms with Crippen LogP contribution >= 0.6 is 0 Å². The first-order valence-electron chi connectivity index (χ1n) is 8.94. The Morgan fingerprint density at radius 1 is 1.35 bits per heavy atom. The molecule has 0 spiro atoms. The first kappa shape index (κ1) is 13.0. The van der Waals surface area contributed by atoms with Crippen LogP contribution in [0.25, 0.3) is 10.9 Å². The highest BCUT2D eigenvalue weighted by molar-refractivity contribution is 5.86. The summed E-state index contributed by atoms with van der Waals surface area (Å²) in [6, 6.07) is 9.20. The summed E-state index contributed by atoms with van der Waals surface area (Å²) >= 11 is 0. The standard InChI is InChI=1S/C19H22N2O2/c1-2-19-9-15-21-13-6-4-3-5-11(13)12-7-8-20(17(19)16(12)21)10-14(22)18(19)23-15/h3-6,14-15,17-18,22H,2,7-10H2,1H3/t14-,15+,17-,18-,19+/m1/s1. The highest BCUT2D eigenvalue weighted by atomic mass is 16.5. The third-order valence-electron chi connectivity index (χ3n) is 7.02. The summed E-state index contributed by atoms with van der Waals surface area (Å²) in [7, 11) is 0. The number of hydrogen-bond acceptors (Lipinski definition) is 3. The lowest BCUT2D eigenvalue weighted by Gasteiger charge is -2.55. The second-order valence-corrected chi connectivity index (χ2v) is 7.77. The maximum absolute atomic E-state index is 10.7. The minimum atomic E-state index is -0.353. The highest BCUT2D eigenvalue weighted by Crippen LogP contribution is 2.64. The van der Waals surface area contributed by atoms with Gasteiger partial charge in [0.2, 0.25) is 0 Å². The van der Waals surface area contributed by atoms with Crippen molar-refractivity contribution in [3.63, 3.8) is 0 Å². The number of para-hydroxylation sites is 1. The predicted molar refractivity (Wildman–Crippen MR) is 87.2 cm³/mol. The van der Waals surface area contributed by atoms with Gasteiger partial charge in [-0.1, -0.05) is 25.1 Å². The molecule has 0 amide bonds. The van der Waals surface area contributed by atoms with Gasteiger partial charge in [-0.25, -0.2) is 0 Å². The van der Waals surface area contributed by atoms with Gasteiger partial charge in [-0.15, -0.1) is 0 Å². The Labute approximate surface area is 135 Å². The number of nitrogens with zero attached hydrogens (tertiary/aromatic N) is 2. The largest absolute Gasteiger partial charge is 0.389 e. The lowest BCUT2D eigenvalue weighted by Crippen LogP contribution is -2.60. The summed E-state index contributed by atoms with van der Waals surface area (Å²) in [5, 5.41) is 12.1. The Bertz CT molecular complexity index is 828. The molecule has 1 N–H and O–H groups in total. The molecule has 0 unspecified atom stereocenters. The lowest BCUT2D eigenvalue weighted by atomic mass is 9.63. The van der Waals surface area contributed by atoms with Crippen molar-refractivity contribution in [2.24, 2.45) is 5.41 Å². The second kappa shape index (κ2) is 4.00. The molecule has 2 fully saturated rings. The van der Waals surface area contributed by atoms with Crippen LogP contribution in [-0.4, -0.2) is 39.9 Å². The molecule has 0 saturated carbocycles. The van der Waals surface area contributed by atoms with Gasteiger partial charge in [-0.05, 0) is 24.5 Å². The molecule has 4 aliphatic rings. The summed E-state index contributed by atoms with van der Waals surface area (Å²) in [6.07, 6.45) is 2.93. The van der Waals surface area contributed by atoms with E-state index in [0.717, 1.165) is 32.4 Å². The van der Waals surface area contributed by atoms with Crippen LogP contribution in [0.2, 0.25) is 0 Å². The van der Waals surface area contributed by atoms with E-state index in [-0.39, 0.29) is 23.9 Å². The Kier molecular flexibility index (Phi) is 2.26. The molecule has 1 aromatic heterocycles. The minimum absolute atomic E-state index is 0.0108. The molecule has 2 saturated heterocycles. The van der Waals surface area contributed by atoms with Gasteiger partial charge >= 0.3 is 0 Å². The highest BCUT2D eigenvalue weighted by Gasteiger charge is 2.64. The van der Waals surface area contributed by atoms with Crippen LogP contribution in [0.5, 0.6) is 0 Å². The molecule has 120 valence electrons. The maximum atomic E-state index is 10.7. The number of aromatic nitrogens is 1. The van der Waals surface area contributed by atoms with Gasteiger partial charge < -0.3 is 14.4 Å². The average molecular weight is 310 g/mol. The molecule has 5 atom stereocenters. The van der Waals surface area contributed by atoms with Crippen molar-refractivity contribution in [3.05, 3.63) is 35.5 Å². The lowest BCUT2D eigenvalue weighted by molar-refractivity contribution is -0.139. The molecule has 23 heavy (non-hydrogen) atoms. The molecule has 0 radical (unpaired) electrons. The molecule has 2 bridgehead atoms. The van der Waals surface area contributed by atoms with Crippen LogP contribution in [0.15, 0.2) is 24.3 Å². The molecule has 1 aromatic carbocycles. The second-order valence-electron chi connectivity index (χ2n) is 7.77. The van der Waals surface area contributed by atoms with E-state index in [1.54, 1.807) is 0 Å². The van der Waals surface area contributed by atoms with Gasteiger partial charge in [0.05, 0.1) is 23.8 Å². The van der Waals surface area contributed by atoms with E-state index in [4.69, 9.17) is 4.74 Å². The summed E-state index contributed by atoms with van der Waals surface area (Å²) in [4.78, 5) is 2.54. The quantitative estimate of drug-likeness (QED) is 0.880. The Morgan fingerprint density at radius 2 is 2.22 bits per heavy atom. The van der Waals surface area contributed by atoms with Gasteiger partial charge in [0, 0.05) is 36.0 Å². The van der Waals surface area contributed by atoms with Crippen LogP contribution in [0.3, 0.4) is 0 Å². The van der Waals surface area contributed by atoms with Crippen LogP contribution in [0.1, 0.15) is 43.3 Å². The minimum Gasteiger partial charge on any atom is -0.389 e. The summed E-state index contributed by atoms with van der Waals surface area (Å²) in [5.41, 5.74) is 4.42. The summed E-state index contributed by atoms with van der Waals surface area (Å²) < 4.78 is 8.94. The van der Waals surface area contributed by atoms with Gasteiger partial charge in [0.25, 0.3) is 0 Å². The van der Waals surface area contributed by atoms with E-state index < -0.39 is 0 Å². The smallest absolute Gasteiger partial charge is 0.135 e. The van der Waals surface area contributed by atoms with E-state index in [2.05, 4.69) is 40.7 Å². The van der Waals surface area contributed by atoms with Crippen molar-refractivity contribution in [1.82, 2.24) is 9.47 Å². The molecular weight excluding hydrogens is 288 g/mol. The number of ether oxygens (including phenoxy) is 1. The summed E-state index contributed by atoms with van der Waals surface area (Å²) in [5.74, 6) is 0. The molecule has 4 nitrogen and oxygen atoms in total. The zero-order chi connectivity index (χ0) is 15.3. The number of piperidine rings is 1. The summed E-state index contributed by atoms with van der Waals surface area (Å²) in [6.45, 7) is 4.09. The molecule has 4 aliphatic heterocycles. The van der Waals surface area contributed by atoms with E-state index >= 15 is 0 Å². The van der Waals surface area contributed by atoms with E-state index in [0.29, 0.717) is 6.04 Å². The van der Waals surface area contributed by atoms with Gasteiger partial charge in [-0.2, -0.15) is 0 Å². The van der Waals surface area contributed by atoms with Crippen LogP contribution in [0.4, 0.5) is 0 Å². The third-order valence-corrected chi connectivity index (χ3v) is 7.02. The fourth-order valence-electron chi connectivity index (χ4n) is 6.17. The van der Waals surface area contributed by atoms with Crippen LogP contribution in [-0.2, 0) is 11.2 Å². The van der Waals surface area contributed by atoms with Crippen LogP contribution < -0.4 is 0 Å². The van der Waals surface area contributed by atoms with Crippen molar-refractivity contribution in [2.75, 3.05) is 13.1 Å². The van der Waals surface area contributed by atoms with Gasteiger partial charge in [-0.3, -0.25) is 4.90 Å². The molecule has 2 aromatic rings. The van der Waals surface area contributed by atoms with Gasteiger partial charge in [0.15, 0.2) is 0 Å².